The van der Waals surface area contributed by atoms with Crippen LogP contribution in [0.3, 0.4) is 0 Å². The van der Waals surface area contributed by atoms with E-state index in [4.69, 9.17) is 9.47 Å². The third kappa shape index (κ3) is 5.18. The summed E-state index contributed by atoms with van der Waals surface area (Å²) in [6.07, 6.45) is 1.63. The average Bonchev–Trinajstić information content (AvgIpc) is 2.69. The van der Waals surface area contributed by atoms with Crippen LogP contribution in [-0.2, 0) is 4.74 Å². The van der Waals surface area contributed by atoms with Crippen molar-refractivity contribution in [2.24, 2.45) is 0 Å². The standard InChI is InChI=1S/C19H24N4O3/c1-25-17-4-2-16(3-5-17)22-18-14-15(6-7-20-18)19(24)21-8-9-23-10-12-26-13-11-23/h2-7,14H,8-13H2,1H3,(H,20,22)(H,21,24). The Balaban J connectivity index is 1.52. The summed E-state index contributed by atoms with van der Waals surface area (Å²) in [7, 11) is 1.63. The van der Waals surface area contributed by atoms with Crippen molar-refractivity contribution in [1.82, 2.24) is 15.2 Å². The van der Waals surface area contributed by atoms with Crippen molar-refractivity contribution in [3.05, 3.63) is 48.2 Å². The molecule has 1 fully saturated rings. The molecule has 0 unspecified atom stereocenters. The zero-order chi connectivity index (χ0) is 18.2. The van der Waals surface area contributed by atoms with E-state index in [0.29, 0.717) is 17.9 Å². The van der Waals surface area contributed by atoms with Crippen molar-refractivity contribution >= 4 is 17.4 Å². The molecular weight excluding hydrogens is 332 g/mol. The molecule has 7 heteroatoms. The Morgan fingerprint density at radius 1 is 1.23 bits per heavy atom. The van der Waals surface area contributed by atoms with Crippen LogP contribution in [0.2, 0.25) is 0 Å². The van der Waals surface area contributed by atoms with E-state index in [0.717, 1.165) is 44.3 Å². The normalized spacial score (nSPS) is 14.7. The van der Waals surface area contributed by atoms with Crippen molar-refractivity contribution < 1.29 is 14.3 Å². The van der Waals surface area contributed by atoms with E-state index in [-0.39, 0.29) is 5.91 Å². The number of hydrogen-bond donors (Lipinski definition) is 2. The number of amides is 1. The highest BCUT2D eigenvalue weighted by atomic mass is 16.5. The summed E-state index contributed by atoms with van der Waals surface area (Å²) in [5, 5.41) is 6.15. The van der Waals surface area contributed by atoms with Crippen LogP contribution in [0.1, 0.15) is 10.4 Å². The number of nitrogens with one attached hydrogen (secondary N) is 2. The molecule has 0 aliphatic carbocycles. The Hall–Kier alpha value is -2.64. The summed E-state index contributed by atoms with van der Waals surface area (Å²) in [6, 6.07) is 11.0. The van der Waals surface area contributed by atoms with Crippen LogP contribution in [0.25, 0.3) is 0 Å². The zero-order valence-electron chi connectivity index (χ0n) is 14.9. The van der Waals surface area contributed by atoms with E-state index in [2.05, 4.69) is 20.5 Å². The number of carbonyl (C=O) groups excluding carboxylic acids is 1. The summed E-state index contributed by atoms with van der Waals surface area (Å²) < 4.78 is 10.5. The van der Waals surface area contributed by atoms with Crippen LogP contribution >= 0.6 is 0 Å². The predicted octanol–water partition coefficient (Wildman–Crippen LogP) is 1.90. The Labute approximate surface area is 153 Å². The summed E-state index contributed by atoms with van der Waals surface area (Å²) in [6.45, 7) is 4.80. The van der Waals surface area contributed by atoms with Crippen molar-refractivity contribution in [2.45, 2.75) is 0 Å². The zero-order valence-corrected chi connectivity index (χ0v) is 14.9. The number of rotatable bonds is 7. The molecule has 0 bridgehead atoms. The number of nitrogens with zero attached hydrogens (tertiary/aromatic N) is 2. The number of hydrogen-bond acceptors (Lipinski definition) is 6. The van der Waals surface area contributed by atoms with Crippen LogP contribution in [0.5, 0.6) is 5.75 Å². The summed E-state index contributed by atoms with van der Waals surface area (Å²) in [5.74, 6) is 1.31. The molecule has 1 aromatic heterocycles. The second kappa shape index (κ2) is 9.17. The monoisotopic (exact) mass is 356 g/mol. The van der Waals surface area contributed by atoms with Crippen LogP contribution < -0.4 is 15.4 Å². The molecule has 1 aromatic carbocycles. The van der Waals surface area contributed by atoms with Gasteiger partial charge in [0.05, 0.1) is 20.3 Å². The Bertz CT molecular complexity index is 715. The van der Waals surface area contributed by atoms with Gasteiger partial charge in [-0.05, 0) is 36.4 Å². The first kappa shape index (κ1) is 18.2. The number of ether oxygens (including phenoxy) is 2. The van der Waals surface area contributed by atoms with Gasteiger partial charge in [0.15, 0.2) is 0 Å². The van der Waals surface area contributed by atoms with E-state index in [1.165, 1.54) is 0 Å². The molecule has 0 atom stereocenters. The van der Waals surface area contributed by atoms with Gasteiger partial charge in [0.1, 0.15) is 11.6 Å². The highest BCUT2D eigenvalue weighted by Gasteiger charge is 2.11. The van der Waals surface area contributed by atoms with Gasteiger partial charge in [0.2, 0.25) is 0 Å². The van der Waals surface area contributed by atoms with E-state index in [9.17, 15) is 4.79 Å². The van der Waals surface area contributed by atoms with Crippen LogP contribution in [0.4, 0.5) is 11.5 Å². The maximum Gasteiger partial charge on any atom is 0.251 e. The van der Waals surface area contributed by atoms with Gasteiger partial charge in [-0.2, -0.15) is 0 Å². The molecule has 1 saturated heterocycles. The van der Waals surface area contributed by atoms with Gasteiger partial charge in [-0.1, -0.05) is 0 Å². The molecule has 1 aliphatic rings. The fourth-order valence-electron chi connectivity index (χ4n) is 2.72. The van der Waals surface area contributed by atoms with Crippen molar-refractivity contribution in [1.29, 1.82) is 0 Å². The molecule has 26 heavy (non-hydrogen) atoms. The van der Waals surface area contributed by atoms with E-state index in [1.54, 1.807) is 25.4 Å². The van der Waals surface area contributed by atoms with Gasteiger partial charge in [-0.15, -0.1) is 0 Å². The highest BCUT2D eigenvalue weighted by molar-refractivity contribution is 5.94. The van der Waals surface area contributed by atoms with E-state index >= 15 is 0 Å². The number of morpholine rings is 1. The van der Waals surface area contributed by atoms with Gasteiger partial charge in [-0.25, -0.2) is 4.98 Å². The van der Waals surface area contributed by atoms with Crippen molar-refractivity contribution in [2.75, 3.05) is 51.8 Å². The minimum atomic E-state index is -0.0987. The predicted molar refractivity (Wildman–Crippen MR) is 100 cm³/mol. The Morgan fingerprint density at radius 3 is 2.73 bits per heavy atom. The maximum atomic E-state index is 12.3. The first-order chi connectivity index (χ1) is 12.7. The fraction of sp³-hybridized carbons (Fsp3) is 0.368. The minimum absolute atomic E-state index is 0.0987. The molecule has 1 aliphatic heterocycles. The Morgan fingerprint density at radius 2 is 2.00 bits per heavy atom. The number of carbonyl (C=O) groups is 1. The summed E-state index contributed by atoms with van der Waals surface area (Å²) in [4.78, 5) is 18.9. The molecule has 0 spiro atoms. The van der Waals surface area contributed by atoms with Crippen LogP contribution in [0, 0.1) is 0 Å². The van der Waals surface area contributed by atoms with Crippen LogP contribution in [0.15, 0.2) is 42.6 Å². The lowest BCUT2D eigenvalue weighted by Gasteiger charge is -2.26. The van der Waals surface area contributed by atoms with Gasteiger partial charge in [-0.3, -0.25) is 9.69 Å². The third-order valence-electron chi connectivity index (χ3n) is 4.20. The number of aromatic nitrogens is 1. The molecule has 1 amide bonds. The smallest absolute Gasteiger partial charge is 0.251 e. The molecule has 7 nitrogen and oxygen atoms in total. The topological polar surface area (TPSA) is 75.7 Å². The lowest BCUT2D eigenvalue weighted by atomic mass is 10.2. The molecule has 0 radical (unpaired) electrons. The van der Waals surface area contributed by atoms with Gasteiger partial charge < -0.3 is 20.1 Å². The molecule has 3 rings (SSSR count). The summed E-state index contributed by atoms with van der Waals surface area (Å²) in [5.41, 5.74) is 1.46. The highest BCUT2D eigenvalue weighted by Crippen LogP contribution is 2.19. The average molecular weight is 356 g/mol. The van der Waals surface area contributed by atoms with Gasteiger partial charge in [0, 0.05) is 43.6 Å². The molecular formula is C19H24N4O3. The molecule has 138 valence electrons. The lowest BCUT2D eigenvalue weighted by molar-refractivity contribution is 0.0383. The first-order valence-electron chi connectivity index (χ1n) is 8.70. The van der Waals surface area contributed by atoms with Crippen molar-refractivity contribution in [3.8, 4) is 5.75 Å². The SMILES string of the molecule is COc1ccc(Nc2cc(C(=O)NCCN3CCOCC3)ccn2)cc1. The number of anilines is 2. The van der Waals surface area contributed by atoms with E-state index in [1.807, 2.05) is 24.3 Å². The number of methoxy groups -OCH3 is 1. The quantitative estimate of drug-likeness (QED) is 0.789. The second-order valence-electron chi connectivity index (χ2n) is 5.99. The third-order valence-corrected chi connectivity index (χ3v) is 4.20. The Kier molecular flexibility index (Phi) is 6.40. The molecule has 2 heterocycles. The van der Waals surface area contributed by atoms with Gasteiger partial charge >= 0.3 is 0 Å². The number of pyridine rings is 1. The van der Waals surface area contributed by atoms with Gasteiger partial charge in [0.25, 0.3) is 5.91 Å². The van der Waals surface area contributed by atoms with Crippen LogP contribution in [-0.4, -0.2) is 62.3 Å². The lowest BCUT2D eigenvalue weighted by Crippen LogP contribution is -2.41. The van der Waals surface area contributed by atoms with Crippen molar-refractivity contribution in [3.63, 3.8) is 0 Å². The van der Waals surface area contributed by atoms with E-state index < -0.39 is 0 Å². The maximum absolute atomic E-state index is 12.3. The number of benzene rings is 1. The molecule has 0 saturated carbocycles. The second-order valence-corrected chi connectivity index (χ2v) is 5.99. The fourth-order valence-corrected chi connectivity index (χ4v) is 2.72. The summed E-state index contributed by atoms with van der Waals surface area (Å²) >= 11 is 0. The molecule has 2 N–H and O–H groups in total. The molecule has 2 aromatic rings. The largest absolute Gasteiger partial charge is 0.497 e. The first-order valence-corrected chi connectivity index (χ1v) is 8.70. The minimum Gasteiger partial charge on any atom is -0.497 e.